The van der Waals surface area contributed by atoms with Crippen LogP contribution in [0.4, 0.5) is 4.79 Å². The fourth-order valence-corrected chi connectivity index (χ4v) is 1.65. The van der Waals surface area contributed by atoms with E-state index in [4.69, 9.17) is 9.84 Å². The van der Waals surface area contributed by atoms with Crippen LogP contribution in [0.3, 0.4) is 0 Å². The van der Waals surface area contributed by atoms with Gasteiger partial charge in [0.05, 0.1) is 0 Å². The van der Waals surface area contributed by atoms with E-state index in [2.05, 4.69) is 21.2 Å². The number of halogens is 1. The van der Waals surface area contributed by atoms with Gasteiger partial charge in [-0.1, -0.05) is 15.9 Å². The third-order valence-corrected chi connectivity index (χ3v) is 2.80. The van der Waals surface area contributed by atoms with Gasteiger partial charge in [0.2, 0.25) is 0 Å². The summed E-state index contributed by atoms with van der Waals surface area (Å²) in [6.45, 7) is 1.41. The Balaban J connectivity index is 2.85. The van der Waals surface area contributed by atoms with Crippen molar-refractivity contribution in [2.75, 3.05) is 7.05 Å². The maximum Gasteiger partial charge on any atom is 0.339 e. The first-order chi connectivity index (χ1) is 9.35. The van der Waals surface area contributed by atoms with Crippen LogP contribution in [0.2, 0.25) is 0 Å². The maximum atomic E-state index is 11.6. The van der Waals surface area contributed by atoms with Crippen molar-refractivity contribution < 1.29 is 24.2 Å². The van der Waals surface area contributed by atoms with Crippen LogP contribution >= 0.6 is 15.9 Å². The zero-order valence-corrected chi connectivity index (χ0v) is 12.4. The van der Waals surface area contributed by atoms with E-state index in [0.29, 0.717) is 4.47 Å². The number of ether oxygens (including phenoxy) is 1. The number of nitrogens with one attached hydrogen (secondary N) is 2. The number of carboxylic acids is 1. The number of imide groups is 1. The Labute approximate surface area is 123 Å². The van der Waals surface area contributed by atoms with Gasteiger partial charge in [-0.05, 0) is 25.1 Å². The van der Waals surface area contributed by atoms with E-state index >= 15 is 0 Å². The molecule has 0 aliphatic carbocycles. The molecule has 0 saturated heterocycles. The number of carboxylic acid groups (broad SMARTS) is 1. The van der Waals surface area contributed by atoms with Crippen LogP contribution in [-0.2, 0) is 4.79 Å². The Morgan fingerprint density at radius 1 is 1.35 bits per heavy atom. The highest BCUT2D eigenvalue weighted by atomic mass is 79.9. The SMILES string of the molecule is CNC(=O)NC(=O)C(C)Oc1ccc(Br)cc1C(=O)O. The molecule has 3 N–H and O–H groups in total. The number of aromatic carboxylic acids is 1. The van der Waals surface area contributed by atoms with Crippen LogP contribution < -0.4 is 15.4 Å². The van der Waals surface area contributed by atoms with Gasteiger partial charge < -0.3 is 15.2 Å². The normalized spacial score (nSPS) is 11.3. The van der Waals surface area contributed by atoms with E-state index < -0.39 is 24.0 Å². The first kappa shape index (κ1) is 16.0. The predicted molar refractivity (Wildman–Crippen MR) is 73.8 cm³/mol. The lowest BCUT2D eigenvalue weighted by atomic mass is 10.2. The van der Waals surface area contributed by atoms with Crippen LogP contribution in [0.5, 0.6) is 5.75 Å². The van der Waals surface area contributed by atoms with Gasteiger partial charge >= 0.3 is 12.0 Å². The summed E-state index contributed by atoms with van der Waals surface area (Å²) in [5.74, 6) is -1.82. The molecule has 108 valence electrons. The predicted octanol–water partition coefficient (Wildman–Crippen LogP) is 1.37. The number of carbonyl (C=O) groups is 3. The molecule has 0 aliphatic heterocycles. The number of amides is 3. The smallest absolute Gasteiger partial charge is 0.339 e. The molecule has 0 fully saturated rings. The third-order valence-electron chi connectivity index (χ3n) is 2.31. The zero-order chi connectivity index (χ0) is 15.3. The van der Waals surface area contributed by atoms with Crippen LogP contribution in [0.15, 0.2) is 22.7 Å². The minimum atomic E-state index is -1.18. The topological polar surface area (TPSA) is 105 Å². The maximum absolute atomic E-state index is 11.6. The molecule has 0 spiro atoms. The molecule has 1 rings (SSSR count). The molecule has 0 heterocycles. The molecule has 1 unspecified atom stereocenters. The van der Waals surface area contributed by atoms with E-state index in [1.807, 2.05) is 5.32 Å². The molecule has 7 nitrogen and oxygen atoms in total. The van der Waals surface area contributed by atoms with E-state index in [1.54, 1.807) is 6.07 Å². The van der Waals surface area contributed by atoms with Gasteiger partial charge in [-0.3, -0.25) is 10.1 Å². The van der Waals surface area contributed by atoms with Gasteiger partial charge in [-0.25, -0.2) is 9.59 Å². The third kappa shape index (κ3) is 4.23. The van der Waals surface area contributed by atoms with Crippen molar-refractivity contribution >= 4 is 33.8 Å². The second kappa shape index (κ2) is 6.90. The fraction of sp³-hybridized carbons (Fsp3) is 0.250. The molecule has 0 saturated carbocycles. The van der Waals surface area contributed by atoms with E-state index in [-0.39, 0.29) is 11.3 Å². The molecule has 0 radical (unpaired) electrons. The molecular formula is C12H13BrN2O5. The average molecular weight is 345 g/mol. The first-order valence-corrected chi connectivity index (χ1v) is 6.36. The summed E-state index contributed by atoms with van der Waals surface area (Å²) < 4.78 is 5.85. The van der Waals surface area contributed by atoms with Crippen LogP contribution in [0.25, 0.3) is 0 Å². The summed E-state index contributed by atoms with van der Waals surface area (Å²) in [6.07, 6.45) is -1.02. The Hall–Kier alpha value is -2.09. The zero-order valence-electron chi connectivity index (χ0n) is 10.8. The van der Waals surface area contributed by atoms with Crippen molar-refractivity contribution in [3.63, 3.8) is 0 Å². The second-order valence-electron chi connectivity index (χ2n) is 3.77. The summed E-state index contributed by atoms with van der Waals surface area (Å²) in [5.41, 5.74) is -0.0843. The van der Waals surface area contributed by atoms with E-state index in [1.165, 1.54) is 26.1 Å². The molecule has 8 heteroatoms. The highest BCUT2D eigenvalue weighted by molar-refractivity contribution is 9.10. The van der Waals surface area contributed by atoms with E-state index in [0.717, 1.165) is 0 Å². The van der Waals surface area contributed by atoms with Crippen molar-refractivity contribution in [1.29, 1.82) is 0 Å². The van der Waals surface area contributed by atoms with Crippen molar-refractivity contribution in [1.82, 2.24) is 10.6 Å². The molecule has 0 bridgehead atoms. The van der Waals surface area contributed by atoms with Crippen molar-refractivity contribution in [3.8, 4) is 5.75 Å². The lowest BCUT2D eigenvalue weighted by Gasteiger charge is -2.15. The first-order valence-electron chi connectivity index (χ1n) is 5.57. The second-order valence-corrected chi connectivity index (χ2v) is 4.69. The number of hydrogen-bond acceptors (Lipinski definition) is 4. The summed E-state index contributed by atoms with van der Waals surface area (Å²) in [6, 6.07) is 3.71. The van der Waals surface area contributed by atoms with E-state index in [9.17, 15) is 14.4 Å². The summed E-state index contributed by atoms with van der Waals surface area (Å²) in [4.78, 5) is 33.7. The number of rotatable bonds is 4. The van der Waals surface area contributed by atoms with Gasteiger partial charge in [-0.2, -0.15) is 0 Å². The average Bonchev–Trinajstić information content (AvgIpc) is 2.40. The Morgan fingerprint density at radius 2 is 2.00 bits per heavy atom. The van der Waals surface area contributed by atoms with Crippen molar-refractivity contribution in [3.05, 3.63) is 28.2 Å². The van der Waals surface area contributed by atoms with Crippen molar-refractivity contribution in [2.45, 2.75) is 13.0 Å². The number of urea groups is 1. The molecule has 1 aromatic rings. The van der Waals surface area contributed by atoms with Crippen molar-refractivity contribution in [2.24, 2.45) is 0 Å². The Bertz CT molecular complexity index is 547. The monoisotopic (exact) mass is 344 g/mol. The lowest BCUT2D eigenvalue weighted by molar-refractivity contribution is -0.126. The van der Waals surface area contributed by atoms with Crippen LogP contribution in [0, 0.1) is 0 Å². The largest absolute Gasteiger partial charge is 0.480 e. The summed E-state index contributed by atoms with van der Waals surface area (Å²) in [7, 11) is 1.37. The number of benzene rings is 1. The van der Waals surface area contributed by atoms with Crippen LogP contribution in [-0.4, -0.2) is 36.2 Å². The molecule has 1 atom stereocenters. The number of carbonyl (C=O) groups excluding carboxylic acids is 2. The Morgan fingerprint density at radius 3 is 2.55 bits per heavy atom. The molecule has 20 heavy (non-hydrogen) atoms. The lowest BCUT2D eigenvalue weighted by Crippen LogP contribution is -2.44. The highest BCUT2D eigenvalue weighted by Crippen LogP contribution is 2.24. The van der Waals surface area contributed by atoms with Gasteiger partial charge in [0.15, 0.2) is 6.10 Å². The minimum Gasteiger partial charge on any atom is -0.480 e. The minimum absolute atomic E-state index is 0.0419. The van der Waals surface area contributed by atoms with Crippen LogP contribution in [0.1, 0.15) is 17.3 Å². The van der Waals surface area contributed by atoms with Gasteiger partial charge in [0.25, 0.3) is 5.91 Å². The molecular weight excluding hydrogens is 332 g/mol. The fourth-order valence-electron chi connectivity index (χ4n) is 1.29. The summed E-state index contributed by atoms with van der Waals surface area (Å²) in [5, 5.41) is 13.3. The Kier molecular flexibility index (Phi) is 5.51. The highest BCUT2D eigenvalue weighted by Gasteiger charge is 2.20. The standard InChI is InChI=1S/C12H13BrN2O5/c1-6(10(16)15-12(19)14-2)20-9-4-3-7(13)5-8(9)11(17)18/h3-6H,1-2H3,(H,17,18)(H2,14,15,16,19). The summed E-state index contributed by atoms with van der Waals surface area (Å²) >= 11 is 3.15. The molecule has 3 amide bonds. The molecule has 0 aromatic heterocycles. The van der Waals surface area contributed by atoms with Gasteiger partial charge in [0.1, 0.15) is 11.3 Å². The molecule has 1 aromatic carbocycles. The quantitative estimate of drug-likeness (QED) is 0.765. The molecule has 0 aliphatic rings. The van der Waals surface area contributed by atoms with Gasteiger partial charge in [0, 0.05) is 11.5 Å². The number of hydrogen-bond donors (Lipinski definition) is 3. The van der Waals surface area contributed by atoms with Gasteiger partial charge in [-0.15, -0.1) is 0 Å².